The first-order valence-corrected chi connectivity index (χ1v) is 4.19. The molecule has 76 valence electrons. The van der Waals surface area contributed by atoms with Crippen molar-refractivity contribution in [1.29, 1.82) is 0 Å². The molecule has 0 saturated carbocycles. The Morgan fingerprint density at radius 1 is 1.57 bits per heavy atom. The highest BCUT2D eigenvalue weighted by molar-refractivity contribution is 6.32. The highest BCUT2D eigenvalue weighted by Crippen LogP contribution is 2.28. The van der Waals surface area contributed by atoms with Gasteiger partial charge in [-0.05, 0) is 18.2 Å². The zero-order valence-corrected chi connectivity index (χ0v) is 8.38. The number of hydrazine groups is 1. The van der Waals surface area contributed by atoms with Gasteiger partial charge in [-0.15, -0.1) is 0 Å². The van der Waals surface area contributed by atoms with E-state index in [1.165, 1.54) is 0 Å². The van der Waals surface area contributed by atoms with Gasteiger partial charge in [-0.3, -0.25) is 5.43 Å². The molecule has 0 atom stereocenters. The predicted molar refractivity (Wildman–Crippen MR) is 56.6 cm³/mol. The Labute approximate surface area is 86.7 Å². The van der Waals surface area contributed by atoms with Crippen LogP contribution in [0.3, 0.4) is 0 Å². The first kappa shape index (κ1) is 10.6. The van der Waals surface area contributed by atoms with Gasteiger partial charge in [0.05, 0.1) is 17.8 Å². The van der Waals surface area contributed by atoms with Crippen molar-refractivity contribution in [2.24, 2.45) is 16.6 Å². The fourth-order valence-electron chi connectivity index (χ4n) is 0.896. The van der Waals surface area contributed by atoms with Gasteiger partial charge < -0.3 is 10.5 Å². The van der Waals surface area contributed by atoms with Crippen LogP contribution in [-0.4, -0.2) is 13.1 Å². The third kappa shape index (κ3) is 2.51. The number of ether oxygens (including phenoxy) is 1. The molecule has 0 saturated heterocycles. The van der Waals surface area contributed by atoms with E-state index in [0.717, 1.165) is 0 Å². The van der Waals surface area contributed by atoms with E-state index in [-0.39, 0.29) is 5.96 Å². The van der Waals surface area contributed by atoms with Gasteiger partial charge in [0, 0.05) is 0 Å². The summed E-state index contributed by atoms with van der Waals surface area (Å²) >= 11 is 5.87. The number of aliphatic imine (C=N–C) groups is 1. The Balaban J connectivity index is 2.97. The van der Waals surface area contributed by atoms with Crippen molar-refractivity contribution in [3.8, 4) is 5.75 Å². The minimum Gasteiger partial charge on any atom is -0.495 e. The number of nitrogens with zero attached hydrogens (tertiary/aromatic N) is 1. The van der Waals surface area contributed by atoms with Crippen molar-refractivity contribution in [1.82, 2.24) is 5.43 Å². The van der Waals surface area contributed by atoms with E-state index in [2.05, 4.69) is 10.4 Å². The van der Waals surface area contributed by atoms with Crippen LogP contribution in [0.15, 0.2) is 23.2 Å². The molecule has 0 aliphatic carbocycles. The van der Waals surface area contributed by atoms with Gasteiger partial charge in [0.25, 0.3) is 0 Å². The predicted octanol–water partition coefficient (Wildman–Crippen LogP) is 0.758. The summed E-state index contributed by atoms with van der Waals surface area (Å²) in [6, 6.07) is 5.05. The SMILES string of the molecule is COc1ccc(N=C(N)NN)cc1Cl. The number of hydrogen-bond acceptors (Lipinski definition) is 3. The van der Waals surface area contributed by atoms with Crippen molar-refractivity contribution >= 4 is 23.2 Å². The van der Waals surface area contributed by atoms with Crippen LogP contribution in [0.4, 0.5) is 5.69 Å². The van der Waals surface area contributed by atoms with Gasteiger partial charge in [-0.1, -0.05) is 11.6 Å². The molecule has 0 aromatic heterocycles. The molecule has 1 rings (SSSR count). The van der Waals surface area contributed by atoms with Gasteiger partial charge in [0.1, 0.15) is 5.75 Å². The Hall–Kier alpha value is -1.46. The third-order valence-electron chi connectivity index (χ3n) is 1.53. The topological polar surface area (TPSA) is 85.7 Å². The quantitative estimate of drug-likeness (QED) is 0.294. The number of methoxy groups -OCH3 is 1. The lowest BCUT2D eigenvalue weighted by atomic mass is 10.3. The van der Waals surface area contributed by atoms with E-state index in [1.807, 2.05) is 0 Å². The molecule has 0 bridgehead atoms. The van der Waals surface area contributed by atoms with Crippen LogP contribution in [0, 0.1) is 0 Å². The minimum atomic E-state index is 0.117. The van der Waals surface area contributed by atoms with E-state index in [4.69, 9.17) is 27.9 Å². The molecule has 14 heavy (non-hydrogen) atoms. The van der Waals surface area contributed by atoms with Gasteiger partial charge in [0.15, 0.2) is 0 Å². The molecule has 1 aromatic rings. The lowest BCUT2D eigenvalue weighted by molar-refractivity contribution is 0.415. The highest BCUT2D eigenvalue weighted by atomic mass is 35.5. The zero-order valence-electron chi connectivity index (χ0n) is 7.62. The highest BCUT2D eigenvalue weighted by Gasteiger charge is 2.00. The van der Waals surface area contributed by atoms with E-state index < -0.39 is 0 Å². The number of benzene rings is 1. The summed E-state index contributed by atoms with van der Waals surface area (Å²) in [4.78, 5) is 3.93. The summed E-state index contributed by atoms with van der Waals surface area (Å²) in [6.45, 7) is 0. The standard InChI is InChI=1S/C8H11ClN4O/c1-14-7-3-2-5(4-6(7)9)12-8(10)13-11/h2-4H,11H2,1H3,(H3,10,12,13). The summed E-state index contributed by atoms with van der Waals surface area (Å²) in [6.07, 6.45) is 0. The van der Waals surface area contributed by atoms with E-state index in [9.17, 15) is 0 Å². The van der Waals surface area contributed by atoms with Crippen molar-refractivity contribution < 1.29 is 4.74 Å². The average molecular weight is 215 g/mol. The fraction of sp³-hybridized carbons (Fsp3) is 0.125. The van der Waals surface area contributed by atoms with Crippen molar-refractivity contribution in [2.75, 3.05) is 7.11 Å². The molecule has 6 heteroatoms. The summed E-state index contributed by atoms with van der Waals surface area (Å²) in [5.41, 5.74) is 8.18. The largest absolute Gasteiger partial charge is 0.495 e. The van der Waals surface area contributed by atoms with Crippen molar-refractivity contribution in [3.63, 3.8) is 0 Å². The Bertz CT molecular complexity index is 353. The number of guanidine groups is 1. The van der Waals surface area contributed by atoms with E-state index >= 15 is 0 Å². The van der Waals surface area contributed by atoms with Crippen LogP contribution in [-0.2, 0) is 0 Å². The monoisotopic (exact) mass is 214 g/mol. The molecule has 0 aliphatic rings. The van der Waals surface area contributed by atoms with Crippen molar-refractivity contribution in [2.45, 2.75) is 0 Å². The van der Waals surface area contributed by atoms with Crippen LogP contribution in [0.2, 0.25) is 5.02 Å². The van der Waals surface area contributed by atoms with Crippen LogP contribution >= 0.6 is 11.6 Å². The summed E-state index contributed by atoms with van der Waals surface area (Å²) < 4.78 is 4.98. The molecule has 0 fully saturated rings. The zero-order chi connectivity index (χ0) is 10.6. The molecule has 5 nitrogen and oxygen atoms in total. The van der Waals surface area contributed by atoms with Crippen LogP contribution < -0.4 is 21.7 Å². The minimum absolute atomic E-state index is 0.117. The first-order chi connectivity index (χ1) is 6.67. The second-order valence-corrected chi connectivity index (χ2v) is 2.87. The maximum absolute atomic E-state index is 5.87. The molecule has 0 radical (unpaired) electrons. The van der Waals surface area contributed by atoms with Gasteiger partial charge >= 0.3 is 0 Å². The molecule has 0 aliphatic heterocycles. The number of rotatable bonds is 2. The molecular formula is C8H11ClN4O. The van der Waals surface area contributed by atoms with Crippen molar-refractivity contribution in [3.05, 3.63) is 23.2 Å². The Kier molecular flexibility index (Phi) is 3.55. The van der Waals surface area contributed by atoms with Gasteiger partial charge in [-0.25, -0.2) is 10.8 Å². The van der Waals surface area contributed by atoms with Gasteiger partial charge in [0.2, 0.25) is 5.96 Å². The van der Waals surface area contributed by atoms with E-state index in [1.54, 1.807) is 25.3 Å². The van der Waals surface area contributed by atoms with Crippen LogP contribution in [0.25, 0.3) is 0 Å². The second kappa shape index (κ2) is 4.69. The maximum Gasteiger partial charge on any atom is 0.208 e. The number of nitrogens with two attached hydrogens (primary N) is 2. The lowest BCUT2D eigenvalue weighted by Gasteiger charge is -2.03. The van der Waals surface area contributed by atoms with Gasteiger partial charge in [-0.2, -0.15) is 0 Å². The fourth-order valence-corrected chi connectivity index (χ4v) is 1.15. The molecule has 0 spiro atoms. The summed E-state index contributed by atoms with van der Waals surface area (Å²) in [7, 11) is 1.54. The Morgan fingerprint density at radius 2 is 2.29 bits per heavy atom. The number of halogens is 1. The number of hydrogen-bond donors (Lipinski definition) is 3. The first-order valence-electron chi connectivity index (χ1n) is 3.81. The smallest absolute Gasteiger partial charge is 0.208 e. The van der Waals surface area contributed by atoms with Crippen LogP contribution in [0.1, 0.15) is 0 Å². The Morgan fingerprint density at radius 3 is 2.79 bits per heavy atom. The summed E-state index contributed by atoms with van der Waals surface area (Å²) in [5, 5.41) is 0.471. The second-order valence-electron chi connectivity index (χ2n) is 2.46. The summed E-state index contributed by atoms with van der Waals surface area (Å²) in [5.74, 6) is 5.76. The maximum atomic E-state index is 5.87. The molecule has 1 aromatic carbocycles. The molecule has 0 heterocycles. The molecular weight excluding hydrogens is 204 g/mol. The molecule has 0 amide bonds. The lowest BCUT2D eigenvalue weighted by Crippen LogP contribution is -2.36. The average Bonchev–Trinajstić information content (AvgIpc) is 2.18. The van der Waals surface area contributed by atoms with E-state index in [0.29, 0.717) is 16.5 Å². The molecule has 0 unspecified atom stereocenters. The number of nitrogens with one attached hydrogen (secondary N) is 1. The normalized spacial score (nSPS) is 11.2. The third-order valence-corrected chi connectivity index (χ3v) is 1.83. The molecule has 5 N–H and O–H groups in total. The van der Waals surface area contributed by atoms with Crippen LogP contribution in [0.5, 0.6) is 5.75 Å².